The number of hydrogen-bond acceptors (Lipinski definition) is 4. The maximum absolute atomic E-state index is 12.2. The molecule has 19 heavy (non-hydrogen) atoms. The van der Waals surface area contributed by atoms with Crippen molar-refractivity contribution in [3.05, 3.63) is 0 Å². The van der Waals surface area contributed by atoms with E-state index in [1.165, 1.54) is 0 Å². The Kier molecular flexibility index (Phi) is 7.97. The number of carbonyl (C=O) groups excluding carboxylic acids is 2. The molecule has 0 aromatic rings. The number of carbonyl (C=O) groups is 2. The van der Waals surface area contributed by atoms with Crippen LogP contribution in [0.15, 0.2) is 0 Å². The van der Waals surface area contributed by atoms with Gasteiger partial charge in [-0.25, -0.2) is 0 Å². The third-order valence-corrected chi connectivity index (χ3v) is 3.20. The number of rotatable bonds is 4. The summed E-state index contributed by atoms with van der Waals surface area (Å²) in [4.78, 5) is 25.2. The molecular formula is C12H24ClN3O3. The van der Waals surface area contributed by atoms with Gasteiger partial charge in [0.2, 0.25) is 11.8 Å². The number of nitrogens with one attached hydrogen (secondary N) is 2. The van der Waals surface area contributed by atoms with E-state index in [2.05, 4.69) is 10.6 Å². The zero-order chi connectivity index (χ0) is 13.7. The first-order valence-electron chi connectivity index (χ1n) is 6.29. The molecule has 0 aromatic heterocycles. The molecule has 3 atom stereocenters. The molecule has 2 N–H and O–H groups in total. The highest BCUT2D eigenvalue weighted by molar-refractivity contribution is 5.85. The number of likely N-dealkylation sites (N-methyl/N-ethyl adjacent to an activating group) is 1. The van der Waals surface area contributed by atoms with Gasteiger partial charge >= 0.3 is 0 Å². The fourth-order valence-electron chi connectivity index (χ4n) is 2.08. The van der Waals surface area contributed by atoms with E-state index in [1.54, 1.807) is 25.9 Å². The van der Waals surface area contributed by atoms with Crippen LogP contribution in [0, 0.1) is 5.92 Å². The first-order valence-corrected chi connectivity index (χ1v) is 6.29. The summed E-state index contributed by atoms with van der Waals surface area (Å²) in [5, 5.41) is 5.73. The van der Waals surface area contributed by atoms with Crippen molar-refractivity contribution >= 4 is 24.2 Å². The van der Waals surface area contributed by atoms with Crippen LogP contribution in [0.25, 0.3) is 0 Å². The van der Waals surface area contributed by atoms with Crippen molar-refractivity contribution in [1.82, 2.24) is 15.5 Å². The van der Waals surface area contributed by atoms with E-state index < -0.39 is 0 Å². The molecule has 1 unspecified atom stereocenters. The Hall–Kier alpha value is -0.850. The first kappa shape index (κ1) is 18.1. The normalized spacial score (nSPS) is 24.0. The molecule has 0 saturated carbocycles. The lowest BCUT2D eigenvalue weighted by atomic mass is 10.1. The monoisotopic (exact) mass is 293 g/mol. The highest BCUT2D eigenvalue weighted by Gasteiger charge is 2.31. The van der Waals surface area contributed by atoms with Crippen LogP contribution in [0.5, 0.6) is 0 Å². The minimum atomic E-state index is -0.319. The van der Waals surface area contributed by atoms with E-state index in [9.17, 15) is 9.59 Å². The summed E-state index contributed by atoms with van der Waals surface area (Å²) in [5.74, 6) is -0.308. The molecule has 2 amide bonds. The Morgan fingerprint density at radius 1 is 1.53 bits per heavy atom. The Balaban J connectivity index is 0.00000324. The van der Waals surface area contributed by atoms with E-state index in [1.807, 2.05) is 6.92 Å². The van der Waals surface area contributed by atoms with Crippen LogP contribution in [0.4, 0.5) is 0 Å². The highest BCUT2D eigenvalue weighted by Crippen LogP contribution is 2.08. The maximum atomic E-state index is 12.2. The number of nitrogens with zero attached hydrogens (tertiary/aromatic N) is 1. The van der Waals surface area contributed by atoms with Gasteiger partial charge in [-0.2, -0.15) is 0 Å². The minimum absolute atomic E-state index is 0. The molecule has 112 valence electrons. The number of amides is 2. The van der Waals surface area contributed by atoms with Crippen molar-refractivity contribution in [3.63, 3.8) is 0 Å². The van der Waals surface area contributed by atoms with Gasteiger partial charge in [-0.15, -0.1) is 12.4 Å². The zero-order valence-corrected chi connectivity index (χ0v) is 12.8. The van der Waals surface area contributed by atoms with Crippen molar-refractivity contribution in [2.45, 2.75) is 26.0 Å². The van der Waals surface area contributed by atoms with Gasteiger partial charge < -0.3 is 20.3 Å². The van der Waals surface area contributed by atoms with Gasteiger partial charge in [0.15, 0.2) is 0 Å². The van der Waals surface area contributed by atoms with Crippen LogP contribution in [-0.4, -0.2) is 62.7 Å². The van der Waals surface area contributed by atoms with Gasteiger partial charge in [-0.3, -0.25) is 9.59 Å². The van der Waals surface area contributed by atoms with Crippen molar-refractivity contribution in [2.24, 2.45) is 5.92 Å². The predicted octanol–water partition coefficient (Wildman–Crippen LogP) is -0.374. The molecule has 0 radical (unpaired) electrons. The lowest BCUT2D eigenvalue weighted by Gasteiger charge is -2.33. The van der Waals surface area contributed by atoms with Gasteiger partial charge in [0.05, 0.1) is 18.6 Å². The lowest BCUT2D eigenvalue weighted by molar-refractivity contribution is -0.139. The molecule has 1 fully saturated rings. The fraction of sp³-hybridized carbons (Fsp3) is 0.833. The second-order valence-electron chi connectivity index (χ2n) is 4.74. The first-order chi connectivity index (χ1) is 8.47. The second-order valence-corrected chi connectivity index (χ2v) is 4.74. The van der Waals surface area contributed by atoms with Crippen LogP contribution < -0.4 is 10.6 Å². The number of halogens is 1. The van der Waals surface area contributed by atoms with Crippen molar-refractivity contribution < 1.29 is 14.3 Å². The van der Waals surface area contributed by atoms with Gasteiger partial charge in [0.1, 0.15) is 6.04 Å². The number of hydrogen-bond donors (Lipinski definition) is 2. The van der Waals surface area contributed by atoms with Gasteiger partial charge in [-0.05, 0) is 6.92 Å². The van der Waals surface area contributed by atoms with Gasteiger partial charge in [-0.1, -0.05) is 6.92 Å². The van der Waals surface area contributed by atoms with Crippen molar-refractivity contribution in [3.8, 4) is 0 Å². The third kappa shape index (κ3) is 4.97. The summed E-state index contributed by atoms with van der Waals surface area (Å²) in [6, 6.07) is -0.319. The van der Waals surface area contributed by atoms with Crippen LogP contribution in [0.3, 0.4) is 0 Å². The summed E-state index contributed by atoms with van der Waals surface area (Å²) in [6.07, 6.45) is -0.135. The Morgan fingerprint density at radius 2 is 2.16 bits per heavy atom. The average Bonchev–Trinajstić information content (AvgIpc) is 2.37. The SMILES string of the molecule is CNC(=O)C(C)CN(C)C(=O)[C@H]1NCCO[C@@H]1C.Cl. The molecule has 6 nitrogen and oxygen atoms in total. The molecule has 7 heteroatoms. The van der Waals surface area contributed by atoms with Crippen LogP contribution in [0.1, 0.15) is 13.8 Å². The predicted molar refractivity (Wildman–Crippen MR) is 75.3 cm³/mol. The topological polar surface area (TPSA) is 70.7 Å². The standard InChI is InChI=1S/C12H23N3O3.ClH/c1-8(11(16)13-3)7-15(4)12(17)10-9(2)18-6-5-14-10;/h8-10,14H,5-7H2,1-4H3,(H,13,16);1H/t8?,9-,10+;/m1./s1. The van der Waals surface area contributed by atoms with Crippen molar-refractivity contribution in [2.75, 3.05) is 33.8 Å². The summed E-state index contributed by atoms with van der Waals surface area (Å²) < 4.78 is 5.45. The van der Waals surface area contributed by atoms with Crippen LogP contribution >= 0.6 is 12.4 Å². The highest BCUT2D eigenvalue weighted by atomic mass is 35.5. The molecule has 0 spiro atoms. The lowest BCUT2D eigenvalue weighted by Crippen LogP contribution is -2.56. The molecular weight excluding hydrogens is 270 g/mol. The molecule has 1 heterocycles. The van der Waals surface area contributed by atoms with E-state index in [0.717, 1.165) is 0 Å². The maximum Gasteiger partial charge on any atom is 0.242 e. The summed E-state index contributed by atoms with van der Waals surface area (Å²) in [7, 11) is 3.31. The summed E-state index contributed by atoms with van der Waals surface area (Å²) >= 11 is 0. The quantitative estimate of drug-likeness (QED) is 0.742. The number of morpholine rings is 1. The number of ether oxygens (including phenoxy) is 1. The molecule has 0 aliphatic carbocycles. The Bertz CT molecular complexity index is 315. The van der Waals surface area contributed by atoms with Crippen LogP contribution in [0.2, 0.25) is 0 Å². The van der Waals surface area contributed by atoms with Gasteiger partial charge in [0, 0.05) is 27.2 Å². The van der Waals surface area contributed by atoms with Gasteiger partial charge in [0.25, 0.3) is 0 Å². The van der Waals surface area contributed by atoms with E-state index in [0.29, 0.717) is 19.7 Å². The summed E-state index contributed by atoms with van der Waals surface area (Å²) in [5.41, 5.74) is 0. The third-order valence-electron chi connectivity index (χ3n) is 3.20. The molecule has 0 aromatic carbocycles. The Morgan fingerprint density at radius 3 is 2.68 bits per heavy atom. The largest absolute Gasteiger partial charge is 0.375 e. The van der Waals surface area contributed by atoms with E-state index >= 15 is 0 Å². The molecule has 1 aliphatic rings. The zero-order valence-electron chi connectivity index (χ0n) is 11.9. The minimum Gasteiger partial charge on any atom is -0.375 e. The molecule has 0 bridgehead atoms. The molecule has 1 saturated heterocycles. The van der Waals surface area contributed by atoms with E-state index in [-0.39, 0.29) is 42.3 Å². The summed E-state index contributed by atoms with van der Waals surface area (Å²) in [6.45, 7) is 5.40. The molecule has 1 aliphatic heterocycles. The van der Waals surface area contributed by atoms with Crippen LogP contribution in [-0.2, 0) is 14.3 Å². The van der Waals surface area contributed by atoms with Crippen molar-refractivity contribution in [1.29, 1.82) is 0 Å². The smallest absolute Gasteiger partial charge is 0.242 e. The van der Waals surface area contributed by atoms with E-state index in [4.69, 9.17) is 4.74 Å². The molecule has 1 rings (SSSR count). The Labute approximate surface area is 120 Å². The fourth-order valence-corrected chi connectivity index (χ4v) is 2.08. The average molecular weight is 294 g/mol. The second kappa shape index (κ2) is 8.35.